The molecule has 3 rings (SSSR count). The number of allylic oxidation sites excluding steroid dienone is 8. The molecule has 1 aliphatic heterocycles. The lowest BCUT2D eigenvalue weighted by molar-refractivity contribution is -0.151. The number of esters is 2. The highest BCUT2D eigenvalue weighted by atomic mass is 16.7. The van der Waals surface area contributed by atoms with E-state index in [0.29, 0.717) is 11.1 Å². The van der Waals surface area contributed by atoms with E-state index in [1.54, 1.807) is 12.2 Å². The van der Waals surface area contributed by atoms with Crippen molar-refractivity contribution in [2.24, 2.45) is 5.92 Å². The number of carbonyl (C=O) groups is 2. The summed E-state index contributed by atoms with van der Waals surface area (Å²) in [7, 11) is 0. The molecular formula is C14H10O4. The van der Waals surface area contributed by atoms with E-state index < -0.39 is 11.9 Å². The van der Waals surface area contributed by atoms with Crippen LogP contribution in [0.4, 0.5) is 0 Å². The number of ether oxygens (including phenoxy) is 2. The van der Waals surface area contributed by atoms with Crippen LogP contribution < -0.4 is 0 Å². The van der Waals surface area contributed by atoms with Crippen LogP contribution in [0.3, 0.4) is 0 Å². The van der Waals surface area contributed by atoms with Crippen molar-refractivity contribution >= 4 is 11.9 Å². The average molecular weight is 242 g/mol. The second-order valence-electron chi connectivity index (χ2n) is 4.17. The first-order chi connectivity index (χ1) is 8.66. The molecule has 0 N–H and O–H groups in total. The van der Waals surface area contributed by atoms with Gasteiger partial charge in [-0.05, 0) is 5.57 Å². The van der Waals surface area contributed by atoms with Crippen molar-refractivity contribution in [3.63, 3.8) is 0 Å². The van der Waals surface area contributed by atoms with Gasteiger partial charge >= 0.3 is 11.9 Å². The number of hydrogen-bond donors (Lipinski definition) is 0. The van der Waals surface area contributed by atoms with Gasteiger partial charge in [-0.2, -0.15) is 0 Å². The summed E-state index contributed by atoms with van der Waals surface area (Å²) in [5.74, 6) is -1.17. The number of carbonyl (C=O) groups excluding carboxylic acids is 2. The molecule has 4 heteroatoms. The lowest BCUT2D eigenvalue weighted by Crippen LogP contribution is -2.29. The van der Waals surface area contributed by atoms with Gasteiger partial charge in [0, 0.05) is 24.0 Å². The molecule has 2 aliphatic carbocycles. The molecule has 0 bridgehead atoms. The molecule has 18 heavy (non-hydrogen) atoms. The molecule has 90 valence electrons. The molecule has 0 aromatic rings. The highest BCUT2D eigenvalue weighted by molar-refractivity contribution is 5.94. The van der Waals surface area contributed by atoms with Crippen LogP contribution in [0.5, 0.6) is 0 Å². The molecule has 1 unspecified atom stereocenters. The molecule has 1 heterocycles. The SMILES string of the molecule is CC(=O)OC1=C2C=CC=C3C=CC=C(C(=O)O1)C32. The molecule has 0 saturated carbocycles. The minimum atomic E-state index is -0.506. The molecule has 3 aliphatic rings. The molecule has 0 aromatic carbocycles. The van der Waals surface area contributed by atoms with Gasteiger partial charge in [-0.3, -0.25) is 4.79 Å². The van der Waals surface area contributed by atoms with Gasteiger partial charge in [0.25, 0.3) is 5.95 Å². The van der Waals surface area contributed by atoms with Crippen LogP contribution in [0.15, 0.2) is 59.1 Å². The fraction of sp³-hybridized carbons (Fsp3) is 0.143. The van der Waals surface area contributed by atoms with E-state index in [-0.39, 0.29) is 11.9 Å². The Morgan fingerprint density at radius 2 is 2.06 bits per heavy atom. The van der Waals surface area contributed by atoms with E-state index in [1.807, 2.05) is 24.3 Å². The van der Waals surface area contributed by atoms with Crippen molar-refractivity contribution in [3.05, 3.63) is 59.1 Å². The van der Waals surface area contributed by atoms with Crippen molar-refractivity contribution in [3.8, 4) is 0 Å². The predicted octanol–water partition coefficient (Wildman–Crippen LogP) is 1.93. The molecular weight excluding hydrogens is 232 g/mol. The largest absolute Gasteiger partial charge is 0.392 e. The summed E-state index contributed by atoms with van der Waals surface area (Å²) in [6, 6.07) is 0. The van der Waals surface area contributed by atoms with Crippen molar-refractivity contribution in [2.45, 2.75) is 6.92 Å². The van der Waals surface area contributed by atoms with Crippen LogP contribution in [0.2, 0.25) is 0 Å². The van der Waals surface area contributed by atoms with Gasteiger partial charge in [0.15, 0.2) is 0 Å². The molecule has 0 fully saturated rings. The van der Waals surface area contributed by atoms with Crippen LogP contribution >= 0.6 is 0 Å². The monoisotopic (exact) mass is 242 g/mol. The third-order valence-electron chi connectivity index (χ3n) is 2.98. The maximum atomic E-state index is 11.9. The fourth-order valence-corrected chi connectivity index (χ4v) is 2.28. The summed E-state index contributed by atoms with van der Waals surface area (Å²) in [6.07, 6.45) is 11.0. The van der Waals surface area contributed by atoms with Crippen LogP contribution in [0, 0.1) is 5.92 Å². The summed E-state index contributed by atoms with van der Waals surface area (Å²) in [5.41, 5.74) is 2.27. The summed E-state index contributed by atoms with van der Waals surface area (Å²) in [6.45, 7) is 1.27. The van der Waals surface area contributed by atoms with Crippen LogP contribution in [0.25, 0.3) is 0 Å². The molecule has 4 nitrogen and oxygen atoms in total. The molecule has 0 amide bonds. The Morgan fingerprint density at radius 1 is 1.28 bits per heavy atom. The second kappa shape index (κ2) is 3.84. The highest BCUT2D eigenvalue weighted by Gasteiger charge is 2.38. The minimum absolute atomic E-state index is 0.00759. The van der Waals surface area contributed by atoms with Crippen molar-refractivity contribution in [1.82, 2.24) is 0 Å². The van der Waals surface area contributed by atoms with E-state index in [9.17, 15) is 9.59 Å². The van der Waals surface area contributed by atoms with Gasteiger partial charge in [0.05, 0.1) is 0 Å². The van der Waals surface area contributed by atoms with Gasteiger partial charge in [-0.15, -0.1) is 0 Å². The summed E-state index contributed by atoms with van der Waals surface area (Å²) in [4.78, 5) is 22.9. The van der Waals surface area contributed by atoms with Gasteiger partial charge in [-0.1, -0.05) is 36.5 Å². The maximum Gasteiger partial charge on any atom is 0.342 e. The Bertz CT molecular complexity index is 599. The molecule has 0 spiro atoms. The summed E-state index contributed by atoms with van der Waals surface area (Å²) >= 11 is 0. The Kier molecular flexibility index (Phi) is 2.30. The highest BCUT2D eigenvalue weighted by Crippen LogP contribution is 2.41. The molecule has 0 radical (unpaired) electrons. The van der Waals surface area contributed by atoms with Gasteiger partial charge in [0.2, 0.25) is 0 Å². The summed E-state index contributed by atoms with van der Waals surface area (Å²) < 4.78 is 10.0. The zero-order chi connectivity index (χ0) is 12.7. The maximum absolute atomic E-state index is 11.9. The first kappa shape index (κ1) is 10.8. The average Bonchev–Trinajstić information content (AvgIpc) is 2.34. The number of cyclic esters (lactones) is 1. The van der Waals surface area contributed by atoms with Gasteiger partial charge < -0.3 is 9.47 Å². The Hall–Kier alpha value is -2.36. The van der Waals surface area contributed by atoms with Crippen LogP contribution in [0.1, 0.15) is 6.92 Å². The van der Waals surface area contributed by atoms with E-state index in [2.05, 4.69) is 0 Å². The first-order valence-electron chi connectivity index (χ1n) is 5.58. The van der Waals surface area contributed by atoms with Crippen LogP contribution in [-0.4, -0.2) is 11.9 Å². The number of rotatable bonds is 1. The Labute approximate surface area is 104 Å². The van der Waals surface area contributed by atoms with Crippen LogP contribution in [-0.2, 0) is 19.1 Å². The zero-order valence-electron chi connectivity index (χ0n) is 9.67. The predicted molar refractivity (Wildman–Crippen MR) is 62.8 cm³/mol. The molecule has 0 aromatic heterocycles. The van der Waals surface area contributed by atoms with Crippen molar-refractivity contribution < 1.29 is 19.1 Å². The summed E-state index contributed by atoms with van der Waals surface area (Å²) in [5, 5.41) is 0. The number of hydrogen-bond acceptors (Lipinski definition) is 4. The zero-order valence-corrected chi connectivity index (χ0v) is 9.67. The molecule has 0 saturated heterocycles. The van der Waals surface area contributed by atoms with Crippen molar-refractivity contribution in [2.75, 3.05) is 0 Å². The quantitative estimate of drug-likeness (QED) is 0.659. The smallest absolute Gasteiger partial charge is 0.342 e. The Morgan fingerprint density at radius 3 is 2.83 bits per heavy atom. The third kappa shape index (κ3) is 1.54. The minimum Gasteiger partial charge on any atom is -0.392 e. The molecule has 1 atom stereocenters. The van der Waals surface area contributed by atoms with E-state index in [0.717, 1.165) is 5.57 Å². The van der Waals surface area contributed by atoms with Gasteiger partial charge in [-0.25, -0.2) is 4.79 Å². The second-order valence-corrected chi connectivity index (χ2v) is 4.17. The Balaban J connectivity index is 2.14. The van der Waals surface area contributed by atoms with E-state index in [4.69, 9.17) is 9.47 Å². The third-order valence-corrected chi connectivity index (χ3v) is 2.98. The topological polar surface area (TPSA) is 52.6 Å². The van der Waals surface area contributed by atoms with Gasteiger partial charge in [0.1, 0.15) is 0 Å². The van der Waals surface area contributed by atoms with E-state index >= 15 is 0 Å². The fourth-order valence-electron chi connectivity index (χ4n) is 2.28. The lowest BCUT2D eigenvalue weighted by atomic mass is 9.78. The normalized spacial score (nSPS) is 24.1. The standard InChI is InChI=1S/C14H10O4/c1-8(15)17-14-11-7-3-5-9-4-2-6-10(12(9)11)13(16)18-14/h2-7,12H,1H3. The van der Waals surface area contributed by atoms with E-state index in [1.165, 1.54) is 6.92 Å². The van der Waals surface area contributed by atoms with Crippen molar-refractivity contribution in [1.29, 1.82) is 0 Å². The first-order valence-corrected chi connectivity index (χ1v) is 5.58. The lowest BCUT2D eigenvalue weighted by Gasteiger charge is -2.31.